The Morgan fingerprint density at radius 3 is 3.12 bits per heavy atom. The van der Waals surface area contributed by atoms with Gasteiger partial charge in [0.15, 0.2) is 5.82 Å². The maximum absolute atomic E-state index is 4.37. The maximum Gasteiger partial charge on any atom is 0.202 e. The van der Waals surface area contributed by atoms with Gasteiger partial charge in [0.2, 0.25) is 5.13 Å². The van der Waals surface area contributed by atoms with Gasteiger partial charge in [-0.25, -0.2) is 0 Å². The van der Waals surface area contributed by atoms with Crippen LogP contribution in [0.1, 0.15) is 0 Å². The third-order valence-corrected chi connectivity index (χ3v) is 3.79. The molecule has 0 bridgehead atoms. The SMILES string of the molecule is CNc1nc(-c2cnc3ccsc3c2)ns1. The zero-order valence-electron chi connectivity index (χ0n) is 8.47. The third-order valence-electron chi connectivity index (χ3n) is 2.20. The van der Waals surface area contributed by atoms with Crippen LogP contribution in [0.25, 0.3) is 21.6 Å². The van der Waals surface area contributed by atoms with Gasteiger partial charge in [0.25, 0.3) is 0 Å². The molecule has 3 aromatic rings. The van der Waals surface area contributed by atoms with E-state index in [-0.39, 0.29) is 0 Å². The second-order valence-electron chi connectivity index (χ2n) is 3.20. The molecule has 1 N–H and O–H groups in total. The first-order chi connectivity index (χ1) is 7.86. The summed E-state index contributed by atoms with van der Waals surface area (Å²) in [7, 11) is 1.84. The highest BCUT2D eigenvalue weighted by atomic mass is 32.1. The summed E-state index contributed by atoms with van der Waals surface area (Å²) in [5.41, 5.74) is 1.99. The molecule has 0 saturated carbocycles. The molecule has 80 valence electrons. The molecule has 0 spiro atoms. The summed E-state index contributed by atoms with van der Waals surface area (Å²) in [6, 6.07) is 4.09. The number of hydrogen-bond donors (Lipinski definition) is 1. The molecule has 3 rings (SSSR count). The van der Waals surface area contributed by atoms with Gasteiger partial charge in [-0.05, 0) is 17.5 Å². The molecule has 3 heterocycles. The Morgan fingerprint density at radius 2 is 2.31 bits per heavy atom. The van der Waals surface area contributed by atoms with Gasteiger partial charge in [-0.1, -0.05) is 0 Å². The average Bonchev–Trinajstić information content (AvgIpc) is 2.96. The van der Waals surface area contributed by atoms with Crippen LogP contribution in [0.3, 0.4) is 0 Å². The highest BCUT2D eigenvalue weighted by molar-refractivity contribution is 7.17. The van der Waals surface area contributed by atoms with Crippen LogP contribution in [0.4, 0.5) is 5.13 Å². The molecule has 0 aliphatic heterocycles. The molecule has 0 saturated heterocycles. The predicted octanol–water partition coefficient (Wildman–Crippen LogP) is 2.86. The van der Waals surface area contributed by atoms with Gasteiger partial charge in [0, 0.05) is 30.3 Å². The zero-order valence-corrected chi connectivity index (χ0v) is 10.1. The molecular formula is C10H8N4S2. The van der Waals surface area contributed by atoms with Gasteiger partial charge in [-0.15, -0.1) is 11.3 Å². The summed E-state index contributed by atoms with van der Waals surface area (Å²) in [5, 5.41) is 5.83. The van der Waals surface area contributed by atoms with E-state index < -0.39 is 0 Å². The van der Waals surface area contributed by atoms with Gasteiger partial charge in [0.05, 0.1) is 10.2 Å². The number of rotatable bonds is 2. The molecular weight excluding hydrogens is 240 g/mol. The third kappa shape index (κ3) is 1.56. The minimum absolute atomic E-state index is 0.733. The summed E-state index contributed by atoms with van der Waals surface area (Å²) >= 11 is 3.03. The molecule has 6 heteroatoms. The Balaban J connectivity index is 2.10. The van der Waals surface area contributed by atoms with Gasteiger partial charge in [-0.3, -0.25) is 4.98 Å². The number of aromatic nitrogens is 3. The van der Waals surface area contributed by atoms with Crippen molar-refractivity contribution in [2.75, 3.05) is 12.4 Å². The van der Waals surface area contributed by atoms with Crippen molar-refractivity contribution >= 4 is 38.2 Å². The lowest BCUT2D eigenvalue weighted by Crippen LogP contribution is -1.86. The van der Waals surface area contributed by atoms with Crippen LogP contribution in [-0.4, -0.2) is 21.4 Å². The van der Waals surface area contributed by atoms with E-state index in [1.165, 1.54) is 16.2 Å². The van der Waals surface area contributed by atoms with Gasteiger partial charge in [0.1, 0.15) is 0 Å². The Morgan fingerprint density at radius 1 is 1.38 bits per heavy atom. The molecule has 0 atom stereocenters. The number of hydrogen-bond acceptors (Lipinski definition) is 6. The number of anilines is 1. The van der Waals surface area contributed by atoms with Crippen LogP contribution in [0, 0.1) is 0 Å². The van der Waals surface area contributed by atoms with E-state index in [0.717, 1.165) is 22.0 Å². The van der Waals surface area contributed by atoms with Crippen molar-refractivity contribution < 1.29 is 0 Å². The molecule has 0 radical (unpaired) electrons. The fourth-order valence-corrected chi connectivity index (χ4v) is 2.73. The standard InChI is InChI=1S/C10H8N4S2/c1-11-10-13-9(14-16-10)6-4-8-7(12-5-6)2-3-15-8/h2-5H,1H3,(H,11,13,14). The summed E-state index contributed by atoms with van der Waals surface area (Å²) in [5.74, 6) is 0.733. The van der Waals surface area contributed by atoms with Crippen molar-refractivity contribution in [2.45, 2.75) is 0 Å². The Hall–Kier alpha value is -1.53. The quantitative estimate of drug-likeness (QED) is 0.757. The molecule has 0 amide bonds. The van der Waals surface area contributed by atoms with Crippen LogP contribution < -0.4 is 5.32 Å². The number of thiophene rings is 1. The largest absolute Gasteiger partial charge is 0.363 e. The molecule has 0 aromatic carbocycles. The number of fused-ring (bicyclic) bond motifs is 1. The molecule has 0 unspecified atom stereocenters. The smallest absolute Gasteiger partial charge is 0.202 e. The summed E-state index contributed by atoms with van der Waals surface area (Å²) in [4.78, 5) is 8.72. The van der Waals surface area contributed by atoms with Crippen LogP contribution in [0.2, 0.25) is 0 Å². The molecule has 4 nitrogen and oxygen atoms in total. The van der Waals surface area contributed by atoms with Crippen molar-refractivity contribution in [1.82, 2.24) is 14.3 Å². The number of nitrogens with zero attached hydrogens (tertiary/aromatic N) is 3. The van der Waals surface area contributed by atoms with Crippen LogP contribution >= 0.6 is 22.9 Å². The number of pyridine rings is 1. The lowest BCUT2D eigenvalue weighted by molar-refractivity contribution is 1.29. The number of nitrogens with one attached hydrogen (secondary N) is 1. The minimum Gasteiger partial charge on any atom is -0.363 e. The van der Waals surface area contributed by atoms with Gasteiger partial charge < -0.3 is 5.32 Å². The van der Waals surface area contributed by atoms with Crippen LogP contribution in [0.5, 0.6) is 0 Å². The normalized spacial score (nSPS) is 10.8. The topological polar surface area (TPSA) is 50.7 Å². The second kappa shape index (κ2) is 3.80. The lowest BCUT2D eigenvalue weighted by Gasteiger charge is -1.94. The summed E-state index contributed by atoms with van der Waals surface area (Å²) < 4.78 is 5.45. The van der Waals surface area contributed by atoms with E-state index in [2.05, 4.69) is 25.7 Å². The van der Waals surface area contributed by atoms with Crippen molar-refractivity contribution in [1.29, 1.82) is 0 Å². The highest BCUT2D eigenvalue weighted by Gasteiger charge is 2.07. The van der Waals surface area contributed by atoms with Crippen molar-refractivity contribution in [3.8, 4) is 11.4 Å². The van der Waals surface area contributed by atoms with E-state index in [1.807, 2.05) is 24.7 Å². The Labute approximate surface area is 100 Å². The minimum atomic E-state index is 0.733. The van der Waals surface area contributed by atoms with Gasteiger partial charge in [-0.2, -0.15) is 9.36 Å². The molecule has 0 fully saturated rings. The predicted molar refractivity (Wildman–Crippen MR) is 68.1 cm³/mol. The van der Waals surface area contributed by atoms with E-state index >= 15 is 0 Å². The van der Waals surface area contributed by atoms with Crippen molar-refractivity contribution in [2.24, 2.45) is 0 Å². The fraction of sp³-hybridized carbons (Fsp3) is 0.100. The maximum atomic E-state index is 4.37. The summed E-state index contributed by atoms with van der Waals surface area (Å²) in [6.07, 6.45) is 1.82. The van der Waals surface area contributed by atoms with E-state index in [9.17, 15) is 0 Å². The lowest BCUT2D eigenvalue weighted by atomic mass is 10.2. The molecule has 0 aliphatic carbocycles. The Bertz CT molecular complexity index is 628. The van der Waals surface area contributed by atoms with E-state index in [4.69, 9.17) is 0 Å². The monoisotopic (exact) mass is 248 g/mol. The van der Waals surface area contributed by atoms with Crippen molar-refractivity contribution in [3.05, 3.63) is 23.7 Å². The average molecular weight is 248 g/mol. The summed E-state index contributed by atoms with van der Waals surface area (Å²) in [6.45, 7) is 0. The molecule has 3 aromatic heterocycles. The molecule has 16 heavy (non-hydrogen) atoms. The van der Waals surface area contributed by atoms with E-state index in [1.54, 1.807) is 11.3 Å². The molecule has 0 aliphatic rings. The van der Waals surface area contributed by atoms with Crippen molar-refractivity contribution in [3.63, 3.8) is 0 Å². The van der Waals surface area contributed by atoms with Crippen LogP contribution in [-0.2, 0) is 0 Å². The van der Waals surface area contributed by atoms with Crippen LogP contribution in [0.15, 0.2) is 23.7 Å². The van der Waals surface area contributed by atoms with Gasteiger partial charge >= 0.3 is 0 Å². The first-order valence-electron chi connectivity index (χ1n) is 4.72. The fourth-order valence-electron chi connectivity index (χ4n) is 1.41. The first-order valence-corrected chi connectivity index (χ1v) is 6.37. The zero-order chi connectivity index (χ0) is 11.0. The Kier molecular flexibility index (Phi) is 2.30. The highest BCUT2D eigenvalue weighted by Crippen LogP contribution is 2.25. The second-order valence-corrected chi connectivity index (χ2v) is 4.90. The first kappa shape index (κ1) is 9.68. The van der Waals surface area contributed by atoms with E-state index in [0.29, 0.717) is 0 Å².